The normalized spacial score (nSPS) is 17.0. The lowest BCUT2D eigenvalue weighted by Gasteiger charge is -2.37. The van der Waals surface area contributed by atoms with Gasteiger partial charge in [-0.25, -0.2) is 4.98 Å². The molecular weight excluding hydrogens is 274 g/mol. The molecule has 5 nitrogen and oxygen atoms in total. The summed E-state index contributed by atoms with van der Waals surface area (Å²) < 4.78 is 2.06. The van der Waals surface area contributed by atoms with E-state index in [1.165, 1.54) is 0 Å². The minimum Gasteiger partial charge on any atom is -0.354 e. The molecule has 1 aliphatic heterocycles. The van der Waals surface area contributed by atoms with Crippen LogP contribution in [0.3, 0.4) is 0 Å². The number of hydrogen-bond acceptors (Lipinski definition) is 4. The Morgan fingerprint density at radius 1 is 0.955 bits per heavy atom. The highest BCUT2D eigenvalue weighted by molar-refractivity contribution is 5.79. The third-order valence-corrected chi connectivity index (χ3v) is 4.53. The molecule has 0 aliphatic carbocycles. The first-order valence-corrected chi connectivity index (χ1v) is 7.95. The Labute approximate surface area is 130 Å². The van der Waals surface area contributed by atoms with Gasteiger partial charge in [0.1, 0.15) is 5.82 Å². The number of imidazole rings is 1. The number of benzene rings is 1. The second-order valence-corrected chi connectivity index (χ2v) is 6.17. The van der Waals surface area contributed by atoms with E-state index in [0.29, 0.717) is 6.04 Å². The molecular formula is C17H21N5. The number of aromatic nitrogens is 3. The second kappa shape index (κ2) is 5.25. The summed E-state index contributed by atoms with van der Waals surface area (Å²) in [5, 5.41) is 0. The molecule has 0 saturated carbocycles. The first-order valence-electron chi connectivity index (χ1n) is 7.95. The van der Waals surface area contributed by atoms with Crippen LogP contribution in [-0.4, -0.2) is 51.5 Å². The van der Waals surface area contributed by atoms with Gasteiger partial charge in [-0.2, -0.15) is 4.98 Å². The van der Waals surface area contributed by atoms with Gasteiger partial charge < -0.3 is 4.90 Å². The summed E-state index contributed by atoms with van der Waals surface area (Å²) in [6.07, 6.45) is 2.09. The highest BCUT2D eigenvalue weighted by Crippen LogP contribution is 2.19. The van der Waals surface area contributed by atoms with E-state index < -0.39 is 0 Å². The molecule has 3 aromatic rings. The van der Waals surface area contributed by atoms with Crippen LogP contribution in [0, 0.1) is 0 Å². The molecule has 5 heteroatoms. The maximum Gasteiger partial charge on any atom is 0.236 e. The fourth-order valence-corrected chi connectivity index (χ4v) is 3.18. The summed E-state index contributed by atoms with van der Waals surface area (Å²) in [7, 11) is 0. The predicted octanol–water partition coefficient (Wildman–Crippen LogP) is 2.41. The minimum atomic E-state index is 0.621. The molecule has 0 atom stereocenters. The molecule has 1 aromatic carbocycles. The summed E-state index contributed by atoms with van der Waals surface area (Å²) in [5.41, 5.74) is 2.11. The molecule has 0 spiro atoms. The van der Waals surface area contributed by atoms with Crippen molar-refractivity contribution < 1.29 is 0 Å². The molecule has 0 N–H and O–H groups in total. The molecule has 0 unspecified atom stereocenters. The van der Waals surface area contributed by atoms with Crippen LogP contribution >= 0.6 is 0 Å². The number of piperazine rings is 1. The lowest BCUT2D eigenvalue weighted by Crippen LogP contribution is -2.49. The summed E-state index contributed by atoms with van der Waals surface area (Å²) in [5.74, 6) is 1.82. The smallest absolute Gasteiger partial charge is 0.236 e. The van der Waals surface area contributed by atoms with Gasteiger partial charge in [0.05, 0.1) is 11.0 Å². The number of hydrogen-bond donors (Lipinski definition) is 0. The monoisotopic (exact) mass is 295 g/mol. The van der Waals surface area contributed by atoms with Gasteiger partial charge >= 0.3 is 0 Å². The van der Waals surface area contributed by atoms with E-state index in [1.807, 2.05) is 18.2 Å². The molecule has 3 heterocycles. The molecule has 22 heavy (non-hydrogen) atoms. The van der Waals surface area contributed by atoms with Gasteiger partial charge in [0, 0.05) is 38.4 Å². The Kier molecular flexibility index (Phi) is 3.22. The minimum absolute atomic E-state index is 0.621. The molecule has 0 amide bonds. The van der Waals surface area contributed by atoms with Crippen LogP contribution in [0.5, 0.6) is 0 Å². The topological polar surface area (TPSA) is 36.7 Å². The van der Waals surface area contributed by atoms with Crippen LogP contribution in [0.25, 0.3) is 16.8 Å². The Morgan fingerprint density at radius 2 is 1.73 bits per heavy atom. The zero-order chi connectivity index (χ0) is 15.1. The van der Waals surface area contributed by atoms with Crippen molar-refractivity contribution in [1.82, 2.24) is 19.3 Å². The van der Waals surface area contributed by atoms with Gasteiger partial charge in [-0.1, -0.05) is 12.1 Å². The van der Waals surface area contributed by atoms with Crippen LogP contribution in [0.2, 0.25) is 0 Å². The summed E-state index contributed by atoms with van der Waals surface area (Å²) in [6, 6.07) is 10.9. The Morgan fingerprint density at radius 3 is 2.50 bits per heavy atom. The van der Waals surface area contributed by atoms with Crippen molar-refractivity contribution in [2.45, 2.75) is 19.9 Å². The first kappa shape index (κ1) is 13.5. The van der Waals surface area contributed by atoms with Crippen LogP contribution < -0.4 is 4.90 Å². The third kappa shape index (κ3) is 2.22. The van der Waals surface area contributed by atoms with E-state index in [1.54, 1.807) is 0 Å². The van der Waals surface area contributed by atoms with Crippen molar-refractivity contribution in [2.75, 3.05) is 31.1 Å². The molecule has 114 valence electrons. The summed E-state index contributed by atoms with van der Waals surface area (Å²) in [4.78, 5) is 14.3. The van der Waals surface area contributed by atoms with Gasteiger partial charge in [-0.05, 0) is 32.0 Å². The number of nitrogens with zero attached hydrogens (tertiary/aromatic N) is 5. The maximum atomic E-state index is 4.77. The largest absolute Gasteiger partial charge is 0.354 e. The van der Waals surface area contributed by atoms with Gasteiger partial charge in [0.2, 0.25) is 5.78 Å². The Hall–Kier alpha value is -2.14. The molecule has 4 rings (SSSR count). The maximum absolute atomic E-state index is 4.77. The van der Waals surface area contributed by atoms with Crippen molar-refractivity contribution in [1.29, 1.82) is 0 Å². The molecule has 2 aromatic heterocycles. The van der Waals surface area contributed by atoms with Crippen molar-refractivity contribution in [3.63, 3.8) is 0 Å². The van der Waals surface area contributed by atoms with E-state index in [4.69, 9.17) is 4.98 Å². The Bertz CT molecular complexity index is 799. The lowest BCUT2D eigenvalue weighted by atomic mass is 10.2. The average Bonchev–Trinajstić information content (AvgIpc) is 2.92. The number of anilines is 1. The van der Waals surface area contributed by atoms with E-state index >= 15 is 0 Å². The molecule has 0 radical (unpaired) electrons. The quantitative estimate of drug-likeness (QED) is 0.727. The summed E-state index contributed by atoms with van der Waals surface area (Å²) >= 11 is 0. The predicted molar refractivity (Wildman–Crippen MR) is 89.4 cm³/mol. The number of rotatable bonds is 2. The van der Waals surface area contributed by atoms with E-state index in [-0.39, 0.29) is 0 Å². The van der Waals surface area contributed by atoms with Crippen LogP contribution in [0.4, 0.5) is 5.82 Å². The highest BCUT2D eigenvalue weighted by atomic mass is 15.3. The van der Waals surface area contributed by atoms with Crippen molar-refractivity contribution in [3.8, 4) is 0 Å². The third-order valence-electron chi connectivity index (χ3n) is 4.53. The summed E-state index contributed by atoms with van der Waals surface area (Å²) in [6.45, 7) is 8.77. The number of para-hydroxylation sites is 2. The van der Waals surface area contributed by atoms with Gasteiger partial charge in [-0.3, -0.25) is 9.30 Å². The SMILES string of the molecule is CC(C)N1CCN(c2ccn3c(n2)nc2ccccc23)CC1. The van der Waals surface area contributed by atoms with Crippen LogP contribution in [0.1, 0.15) is 13.8 Å². The lowest BCUT2D eigenvalue weighted by molar-refractivity contribution is 0.209. The van der Waals surface area contributed by atoms with Crippen LogP contribution in [-0.2, 0) is 0 Å². The zero-order valence-electron chi connectivity index (χ0n) is 13.1. The Balaban J connectivity index is 1.64. The molecule has 1 fully saturated rings. The van der Waals surface area contributed by atoms with Crippen molar-refractivity contribution >= 4 is 22.6 Å². The van der Waals surface area contributed by atoms with E-state index in [2.05, 4.69) is 51.4 Å². The van der Waals surface area contributed by atoms with Crippen molar-refractivity contribution in [3.05, 3.63) is 36.5 Å². The second-order valence-electron chi connectivity index (χ2n) is 6.17. The fourth-order valence-electron chi connectivity index (χ4n) is 3.18. The van der Waals surface area contributed by atoms with E-state index in [9.17, 15) is 0 Å². The van der Waals surface area contributed by atoms with Gasteiger partial charge in [-0.15, -0.1) is 0 Å². The van der Waals surface area contributed by atoms with E-state index in [0.717, 1.165) is 48.8 Å². The van der Waals surface area contributed by atoms with Gasteiger partial charge in [0.15, 0.2) is 0 Å². The number of fused-ring (bicyclic) bond motifs is 3. The molecule has 1 saturated heterocycles. The highest BCUT2D eigenvalue weighted by Gasteiger charge is 2.20. The standard InChI is InChI=1S/C17H21N5/c1-13(2)20-9-11-21(12-10-20)16-7-8-22-15-6-4-3-5-14(15)18-17(22)19-16/h3-8,13H,9-12H2,1-2H3. The molecule has 1 aliphatic rings. The van der Waals surface area contributed by atoms with Crippen molar-refractivity contribution in [2.24, 2.45) is 0 Å². The molecule has 0 bridgehead atoms. The zero-order valence-corrected chi connectivity index (χ0v) is 13.1. The average molecular weight is 295 g/mol. The van der Waals surface area contributed by atoms with Crippen LogP contribution in [0.15, 0.2) is 36.5 Å². The fraction of sp³-hybridized carbons (Fsp3) is 0.412. The first-order chi connectivity index (χ1) is 10.7. The van der Waals surface area contributed by atoms with Gasteiger partial charge in [0.25, 0.3) is 0 Å².